The molecule has 0 saturated heterocycles. The van der Waals surface area contributed by atoms with E-state index in [1.54, 1.807) is 30.3 Å². The number of anilines is 3. The van der Waals surface area contributed by atoms with Crippen molar-refractivity contribution in [2.75, 3.05) is 11.1 Å². The highest BCUT2D eigenvalue weighted by molar-refractivity contribution is 6.30. The molecule has 0 bridgehead atoms. The molecule has 0 spiro atoms. The fourth-order valence-electron chi connectivity index (χ4n) is 1.45. The van der Waals surface area contributed by atoms with Gasteiger partial charge < -0.3 is 11.1 Å². The fraction of sp³-hybridized carbons (Fsp3) is 0. The van der Waals surface area contributed by atoms with Gasteiger partial charge in [0.1, 0.15) is 6.07 Å². The van der Waals surface area contributed by atoms with Crippen molar-refractivity contribution >= 4 is 28.7 Å². The Balaban J connectivity index is 2.30. The summed E-state index contributed by atoms with van der Waals surface area (Å²) in [5.74, 6) is 0. The lowest BCUT2D eigenvalue weighted by Crippen LogP contribution is -1.95. The second kappa shape index (κ2) is 4.77. The van der Waals surface area contributed by atoms with Crippen molar-refractivity contribution in [1.29, 1.82) is 5.26 Å². The summed E-state index contributed by atoms with van der Waals surface area (Å²) in [6, 6.07) is 14.5. The number of nitrogens with two attached hydrogens (primary N) is 1. The summed E-state index contributed by atoms with van der Waals surface area (Å²) in [5.41, 5.74) is 8.30. The number of nitrogen functional groups attached to an aromatic ring is 1. The third kappa shape index (κ3) is 2.68. The first kappa shape index (κ1) is 11.3. The monoisotopic (exact) mass is 243 g/mol. The average Bonchev–Trinajstić information content (AvgIpc) is 2.34. The van der Waals surface area contributed by atoms with Crippen LogP contribution in [-0.4, -0.2) is 0 Å². The van der Waals surface area contributed by atoms with Gasteiger partial charge in [0.2, 0.25) is 0 Å². The van der Waals surface area contributed by atoms with E-state index in [0.717, 1.165) is 11.4 Å². The molecule has 17 heavy (non-hydrogen) atoms. The summed E-state index contributed by atoms with van der Waals surface area (Å²) in [5, 5.41) is 12.8. The minimum absolute atomic E-state index is 0.514. The Hall–Kier alpha value is -2.18. The molecule has 0 fully saturated rings. The van der Waals surface area contributed by atoms with E-state index in [0.29, 0.717) is 16.3 Å². The van der Waals surface area contributed by atoms with Crippen LogP contribution in [0.4, 0.5) is 17.1 Å². The molecule has 3 N–H and O–H groups in total. The smallest absolute Gasteiger partial charge is 0.101 e. The van der Waals surface area contributed by atoms with Gasteiger partial charge in [-0.15, -0.1) is 0 Å². The Morgan fingerprint density at radius 2 is 1.82 bits per heavy atom. The van der Waals surface area contributed by atoms with Crippen LogP contribution in [0.3, 0.4) is 0 Å². The second-order valence-corrected chi connectivity index (χ2v) is 3.99. The molecule has 0 aliphatic heterocycles. The van der Waals surface area contributed by atoms with E-state index in [9.17, 15) is 0 Å². The average molecular weight is 244 g/mol. The lowest BCUT2D eigenvalue weighted by molar-refractivity contribution is 1.46. The number of halogens is 1. The van der Waals surface area contributed by atoms with Crippen LogP contribution in [0.25, 0.3) is 0 Å². The van der Waals surface area contributed by atoms with Gasteiger partial charge in [-0.3, -0.25) is 0 Å². The zero-order valence-electron chi connectivity index (χ0n) is 8.94. The van der Waals surface area contributed by atoms with Gasteiger partial charge in [-0.05, 0) is 42.5 Å². The predicted molar refractivity (Wildman–Crippen MR) is 70.3 cm³/mol. The normalized spacial score (nSPS) is 9.65. The fourth-order valence-corrected chi connectivity index (χ4v) is 1.58. The topological polar surface area (TPSA) is 61.8 Å². The van der Waals surface area contributed by atoms with Crippen molar-refractivity contribution in [3.8, 4) is 6.07 Å². The molecule has 3 nitrogen and oxygen atoms in total. The van der Waals surface area contributed by atoms with Crippen LogP contribution >= 0.6 is 11.6 Å². The SMILES string of the molecule is N#Cc1cc(N)ccc1Nc1ccc(Cl)cc1. The van der Waals surface area contributed by atoms with Crippen molar-refractivity contribution < 1.29 is 0 Å². The minimum Gasteiger partial charge on any atom is -0.399 e. The number of nitriles is 1. The Morgan fingerprint density at radius 3 is 2.47 bits per heavy atom. The van der Waals surface area contributed by atoms with Crippen LogP contribution in [0.1, 0.15) is 5.56 Å². The summed E-state index contributed by atoms with van der Waals surface area (Å²) in [6.45, 7) is 0. The van der Waals surface area contributed by atoms with Crippen LogP contribution in [0.2, 0.25) is 5.02 Å². The van der Waals surface area contributed by atoms with Crippen LogP contribution in [-0.2, 0) is 0 Å². The van der Waals surface area contributed by atoms with Crippen LogP contribution in [0.5, 0.6) is 0 Å². The minimum atomic E-state index is 0.514. The first-order chi connectivity index (χ1) is 8.19. The van der Waals surface area contributed by atoms with Crippen molar-refractivity contribution in [2.45, 2.75) is 0 Å². The third-order valence-corrected chi connectivity index (χ3v) is 2.54. The Kier molecular flexibility index (Phi) is 3.17. The van der Waals surface area contributed by atoms with E-state index in [1.807, 2.05) is 12.1 Å². The van der Waals surface area contributed by atoms with Gasteiger partial charge in [-0.25, -0.2) is 0 Å². The quantitative estimate of drug-likeness (QED) is 0.793. The van der Waals surface area contributed by atoms with Crippen LogP contribution < -0.4 is 11.1 Å². The zero-order chi connectivity index (χ0) is 12.3. The first-order valence-corrected chi connectivity index (χ1v) is 5.39. The second-order valence-electron chi connectivity index (χ2n) is 3.55. The molecule has 0 aliphatic rings. The van der Waals surface area contributed by atoms with Gasteiger partial charge in [0.05, 0.1) is 11.3 Å². The zero-order valence-corrected chi connectivity index (χ0v) is 9.70. The number of hydrogen-bond donors (Lipinski definition) is 2. The van der Waals surface area contributed by atoms with E-state index in [-0.39, 0.29) is 0 Å². The van der Waals surface area contributed by atoms with Gasteiger partial charge in [-0.1, -0.05) is 11.6 Å². The number of nitrogens with one attached hydrogen (secondary N) is 1. The molecule has 0 unspecified atom stereocenters. The molecule has 0 saturated carbocycles. The van der Waals surface area contributed by atoms with Gasteiger partial charge in [0.15, 0.2) is 0 Å². The molecule has 4 heteroatoms. The van der Waals surface area contributed by atoms with Crippen LogP contribution in [0.15, 0.2) is 42.5 Å². The van der Waals surface area contributed by atoms with Crippen molar-refractivity contribution in [1.82, 2.24) is 0 Å². The highest BCUT2D eigenvalue weighted by Gasteiger charge is 2.02. The largest absolute Gasteiger partial charge is 0.399 e. The molecule has 0 radical (unpaired) electrons. The molecular formula is C13H10ClN3. The molecule has 2 aromatic rings. The molecule has 2 aromatic carbocycles. The van der Waals surface area contributed by atoms with Gasteiger partial charge in [0.25, 0.3) is 0 Å². The number of benzene rings is 2. The maximum atomic E-state index is 9.00. The van der Waals surface area contributed by atoms with Gasteiger partial charge in [0, 0.05) is 16.4 Å². The van der Waals surface area contributed by atoms with E-state index >= 15 is 0 Å². The molecule has 0 amide bonds. The molecule has 2 rings (SSSR count). The van der Waals surface area contributed by atoms with Crippen molar-refractivity contribution in [2.24, 2.45) is 0 Å². The Morgan fingerprint density at radius 1 is 1.12 bits per heavy atom. The number of rotatable bonds is 2. The molecule has 0 aromatic heterocycles. The Bertz CT molecular complexity index is 570. The molecule has 0 heterocycles. The van der Waals surface area contributed by atoms with Gasteiger partial charge >= 0.3 is 0 Å². The van der Waals surface area contributed by atoms with Crippen molar-refractivity contribution in [3.05, 3.63) is 53.1 Å². The van der Waals surface area contributed by atoms with E-state index in [4.69, 9.17) is 22.6 Å². The molecule has 0 atom stereocenters. The summed E-state index contributed by atoms with van der Waals surface area (Å²) >= 11 is 5.80. The summed E-state index contributed by atoms with van der Waals surface area (Å²) in [4.78, 5) is 0. The van der Waals surface area contributed by atoms with E-state index < -0.39 is 0 Å². The van der Waals surface area contributed by atoms with Crippen LogP contribution in [0, 0.1) is 11.3 Å². The first-order valence-electron chi connectivity index (χ1n) is 5.01. The standard InChI is InChI=1S/C13H10ClN3/c14-10-1-4-12(5-2-10)17-13-6-3-11(16)7-9(13)8-15/h1-7,17H,16H2. The highest BCUT2D eigenvalue weighted by Crippen LogP contribution is 2.23. The Labute approximate surface area is 104 Å². The summed E-state index contributed by atoms with van der Waals surface area (Å²) in [6.07, 6.45) is 0. The predicted octanol–water partition coefficient (Wildman–Crippen LogP) is 3.54. The lowest BCUT2D eigenvalue weighted by Gasteiger charge is -2.08. The number of hydrogen-bond acceptors (Lipinski definition) is 3. The highest BCUT2D eigenvalue weighted by atomic mass is 35.5. The molecular weight excluding hydrogens is 234 g/mol. The van der Waals surface area contributed by atoms with Crippen molar-refractivity contribution in [3.63, 3.8) is 0 Å². The maximum absolute atomic E-state index is 9.00. The lowest BCUT2D eigenvalue weighted by atomic mass is 10.1. The summed E-state index contributed by atoms with van der Waals surface area (Å²) < 4.78 is 0. The van der Waals surface area contributed by atoms with Gasteiger partial charge in [-0.2, -0.15) is 5.26 Å². The maximum Gasteiger partial charge on any atom is 0.101 e. The molecule has 84 valence electrons. The summed E-state index contributed by atoms with van der Waals surface area (Å²) in [7, 11) is 0. The third-order valence-electron chi connectivity index (χ3n) is 2.29. The van der Waals surface area contributed by atoms with E-state index in [2.05, 4.69) is 11.4 Å². The van der Waals surface area contributed by atoms with E-state index in [1.165, 1.54) is 0 Å². The number of nitrogens with zero attached hydrogens (tertiary/aromatic N) is 1. The molecule has 0 aliphatic carbocycles.